The molecule has 0 bridgehead atoms. The highest BCUT2D eigenvalue weighted by atomic mass is 35.5. The number of carbonyl (C=O) groups excluding carboxylic acids is 1. The van der Waals surface area contributed by atoms with Crippen molar-refractivity contribution < 1.29 is 14.7 Å². The van der Waals surface area contributed by atoms with Gasteiger partial charge in [0.1, 0.15) is 5.69 Å². The lowest BCUT2D eigenvalue weighted by atomic mass is 10.00. The summed E-state index contributed by atoms with van der Waals surface area (Å²) in [5, 5.41) is 9.57. The van der Waals surface area contributed by atoms with Gasteiger partial charge in [-0.15, -0.1) is 0 Å². The number of nitrogens with zero attached hydrogens (tertiary/aromatic N) is 1. The Balaban J connectivity index is 2.46. The molecule has 0 atom stereocenters. The highest BCUT2D eigenvalue weighted by molar-refractivity contribution is 6.39. The molecule has 2 rings (SSSR count). The number of para-hydroxylation sites is 1. The number of allylic oxidation sites excluding steroid dienone is 3. The summed E-state index contributed by atoms with van der Waals surface area (Å²) in [7, 11) is 0. The number of carbonyl (C=O) groups is 2. The van der Waals surface area contributed by atoms with Crippen LogP contribution in [0.4, 0.5) is 5.69 Å². The summed E-state index contributed by atoms with van der Waals surface area (Å²) < 4.78 is 0. The third-order valence-corrected chi connectivity index (χ3v) is 3.17. The van der Waals surface area contributed by atoms with Gasteiger partial charge in [0.25, 0.3) is 0 Å². The van der Waals surface area contributed by atoms with E-state index in [1.807, 2.05) is 0 Å². The summed E-state index contributed by atoms with van der Waals surface area (Å²) in [5.74, 6) is -1.32. The standard InChI is InChI=1S/C14H9Cl2NO3/c15-10-2-1-3-11(16)14(10)17-12-5-4-9(18)6-8(12)7-13(19)20/h1-6H,7H2,(H,19,20). The Kier molecular flexibility index (Phi) is 4.37. The summed E-state index contributed by atoms with van der Waals surface area (Å²) in [6, 6.07) is 4.94. The number of aliphatic carboxylic acids is 1. The van der Waals surface area contributed by atoms with Gasteiger partial charge in [-0.2, -0.15) is 0 Å². The number of hydrogen-bond acceptors (Lipinski definition) is 3. The maximum absolute atomic E-state index is 11.3. The van der Waals surface area contributed by atoms with Crippen molar-refractivity contribution in [1.82, 2.24) is 0 Å². The number of aliphatic imine (C=N–C) groups is 1. The molecule has 0 fully saturated rings. The summed E-state index contributed by atoms with van der Waals surface area (Å²) in [5.41, 5.74) is 1.03. The van der Waals surface area contributed by atoms with E-state index in [1.54, 1.807) is 18.2 Å². The van der Waals surface area contributed by atoms with Crippen molar-refractivity contribution in [3.63, 3.8) is 0 Å². The third-order valence-electron chi connectivity index (χ3n) is 2.56. The second kappa shape index (κ2) is 6.03. The molecule has 1 aromatic rings. The minimum Gasteiger partial charge on any atom is -0.481 e. The largest absolute Gasteiger partial charge is 0.481 e. The molecule has 0 spiro atoms. The van der Waals surface area contributed by atoms with Gasteiger partial charge in [-0.1, -0.05) is 29.3 Å². The van der Waals surface area contributed by atoms with Crippen LogP contribution in [0.2, 0.25) is 10.0 Å². The molecule has 0 unspecified atom stereocenters. The van der Waals surface area contributed by atoms with Crippen LogP contribution < -0.4 is 0 Å². The van der Waals surface area contributed by atoms with Crippen molar-refractivity contribution in [1.29, 1.82) is 0 Å². The van der Waals surface area contributed by atoms with E-state index in [-0.39, 0.29) is 12.2 Å². The van der Waals surface area contributed by atoms with Crippen LogP contribution >= 0.6 is 23.2 Å². The minimum atomic E-state index is -1.04. The molecule has 4 nitrogen and oxygen atoms in total. The fourth-order valence-corrected chi connectivity index (χ4v) is 2.17. The Bertz CT molecular complexity index is 655. The van der Waals surface area contributed by atoms with Crippen molar-refractivity contribution in [2.45, 2.75) is 6.42 Å². The molecule has 1 aliphatic carbocycles. The van der Waals surface area contributed by atoms with Crippen LogP contribution in [0.1, 0.15) is 6.42 Å². The zero-order chi connectivity index (χ0) is 14.7. The van der Waals surface area contributed by atoms with Crippen LogP contribution in [0.15, 0.2) is 47.0 Å². The number of ketones is 1. The SMILES string of the molecule is O=C1C=CC(=Nc2c(Cl)cccc2Cl)C(CC(=O)O)=C1. The first-order chi connectivity index (χ1) is 9.47. The molecule has 20 heavy (non-hydrogen) atoms. The van der Waals surface area contributed by atoms with Gasteiger partial charge in [0.2, 0.25) is 0 Å². The molecule has 0 aliphatic heterocycles. The van der Waals surface area contributed by atoms with Crippen LogP contribution in [-0.4, -0.2) is 22.6 Å². The van der Waals surface area contributed by atoms with Crippen molar-refractivity contribution in [2.75, 3.05) is 0 Å². The minimum absolute atomic E-state index is 0.273. The molecule has 102 valence electrons. The topological polar surface area (TPSA) is 66.7 Å². The fourth-order valence-electron chi connectivity index (χ4n) is 1.69. The van der Waals surface area contributed by atoms with Crippen molar-refractivity contribution >= 4 is 46.4 Å². The third kappa shape index (κ3) is 3.35. The van der Waals surface area contributed by atoms with Crippen molar-refractivity contribution in [3.8, 4) is 0 Å². The quantitative estimate of drug-likeness (QED) is 0.867. The lowest BCUT2D eigenvalue weighted by Gasteiger charge is -2.10. The average molecular weight is 310 g/mol. The Morgan fingerprint density at radius 1 is 1.20 bits per heavy atom. The van der Waals surface area contributed by atoms with E-state index in [0.717, 1.165) is 0 Å². The maximum atomic E-state index is 11.3. The number of benzene rings is 1. The van der Waals surface area contributed by atoms with Crippen LogP contribution in [0.3, 0.4) is 0 Å². The molecule has 1 aliphatic rings. The summed E-state index contributed by atoms with van der Waals surface area (Å²) in [6.45, 7) is 0. The molecule has 0 saturated carbocycles. The highest BCUT2D eigenvalue weighted by Crippen LogP contribution is 2.33. The smallest absolute Gasteiger partial charge is 0.307 e. The van der Waals surface area contributed by atoms with Crippen LogP contribution in [0.25, 0.3) is 0 Å². The first kappa shape index (κ1) is 14.5. The summed E-state index contributed by atoms with van der Waals surface area (Å²) >= 11 is 12.0. The van der Waals surface area contributed by atoms with Gasteiger partial charge in [-0.25, -0.2) is 4.99 Å². The normalized spacial score (nSPS) is 16.4. The second-order valence-corrected chi connectivity index (χ2v) is 4.86. The molecular weight excluding hydrogens is 301 g/mol. The monoisotopic (exact) mass is 309 g/mol. The zero-order valence-corrected chi connectivity index (χ0v) is 11.6. The Labute approximate surface area is 125 Å². The molecule has 0 aromatic heterocycles. The first-order valence-electron chi connectivity index (χ1n) is 5.65. The molecule has 0 amide bonds. The van der Waals surface area contributed by atoms with E-state index in [0.29, 0.717) is 27.0 Å². The summed E-state index contributed by atoms with van der Waals surface area (Å²) in [6.07, 6.45) is 3.73. The average Bonchev–Trinajstić information content (AvgIpc) is 2.35. The number of carboxylic acid groups (broad SMARTS) is 1. The van der Waals surface area contributed by atoms with E-state index in [2.05, 4.69) is 4.99 Å². The molecule has 0 radical (unpaired) electrons. The van der Waals surface area contributed by atoms with E-state index < -0.39 is 5.97 Å². The number of halogens is 2. The van der Waals surface area contributed by atoms with Gasteiger partial charge in [-0.3, -0.25) is 9.59 Å². The first-order valence-corrected chi connectivity index (χ1v) is 6.40. The van der Waals surface area contributed by atoms with Crippen molar-refractivity contribution in [2.24, 2.45) is 4.99 Å². The van der Waals surface area contributed by atoms with Gasteiger partial charge in [0.15, 0.2) is 5.78 Å². The lowest BCUT2D eigenvalue weighted by Crippen LogP contribution is -2.11. The van der Waals surface area contributed by atoms with Crippen LogP contribution in [0, 0.1) is 0 Å². The Morgan fingerprint density at radius 2 is 1.85 bits per heavy atom. The molecule has 6 heteroatoms. The van der Waals surface area contributed by atoms with Gasteiger partial charge in [-0.05, 0) is 35.9 Å². The predicted molar refractivity (Wildman–Crippen MR) is 78.0 cm³/mol. The lowest BCUT2D eigenvalue weighted by molar-refractivity contribution is -0.136. The maximum Gasteiger partial charge on any atom is 0.307 e. The van der Waals surface area contributed by atoms with E-state index in [4.69, 9.17) is 28.3 Å². The van der Waals surface area contributed by atoms with Gasteiger partial charge >= 0.3 is 5.97 Å². The molecule has 0 saturated heterocycles. The summed E-state index contributed by atoms with van der Waals surface area (Å²) in [4.78, 5) is 26.4. The van der Waals surface area contributed by atoms with E-state index >= 15 is 0 Å². The zero-order valence-electron chi connectivity index (χ0n) is 10.1. The van der Waals surface area contributed by atoms with Gasteiger partial charge < -0.3 is 5.11 Å². The fraction of sp³-hybridized carbons (Fsp3) is 0.0714. The molecule has 1 aromatic carbocycles. The number of rotatable bonds is 3. The highest BCUT2D eigenvalue weighted by Gasteiger charge is 2.16. The molecule has 1 N–H and O–H groups in total. The van der Waals surface area contributed by atoms with Crippen LogP contribution in [0.5, 0.6) is 0 Å². The second-order valence-electron chi connectivity index (χ2n) is 4.04. The van der Waals surface area contributed by atoms with E-state index in [1.165, 1.54) is 18.2 Å². The Hall–Kier alpha value is -1.91. The molecule has 0 heterocycles. The number of hydrogen-bond donors (Lipinski definition) is 1. The van der Waals surface area contributed by atoms with Gasteiger partial charge in [0.05, 0.1) is 22.2 Å². The van der Waals surface area contributed by atoms with Crippen molar-refractivity contribution in [3.05, 3.63) is 52.0 Å². The Morgan fingerprint density at radius 3 is 2.45 bits per heavy atom. The van der Waals surface area contributed by atoms with Crippen LogP contribution in [-0.2, 0) is 9.59 Å². The predicted octanol–water partition coefficient (Wildman–Crippen LogP) is 3.61. The number of carboxylic acids is 1. The van der Waals surface area contributed by atoms with Gasteiger partial charge in [0, 0.05) is 0 Å². The molecular formula is C14H9Cl2NO3. The van der Waals surface area contributed by atoms with E-state index in [9.17, 15) is 9.59 Å².